The van der Waals surface area contributed by atoms with Crippen LogP contribution in [-0.4, -0.2) is 55.0 Å². The standard InChI is InChI=1S/C13H16N4O2S/c1-14-8-5-10-9(13(18)19-2)6-16-11(17(10)7-8)12-15-3-4-20-12/h3-4,8,14H,5-7H2,1-2H3/t8-/m0/s1. The molecule has 1 saturated heterocycles. The fourth-order valence-corrected chi connectivity index (χ4v) is 3.24. The summed E-state index contributed by atoms with van der Waals surface area (Å²) < 4.78 is 4.87. The smallest absolute Gasteiger partial charge is 0.337 e. The number of ether oxygens (including phenoxy) is 1. The van der Waals surface area contributed by atoms with E-state index in [1.54, 1.807) is 17.5 Å². The van der Waals surface area contributed by atoms with Gasteiger partial charge in [-0.2, -0.15) is 0 Å². The first-order chi connectivity index (χ1) is 9.74. The molecule has 1 aromatic heterocycles. The fraction of sp³-hybridized carbons (Fsp3) is 0.462. The van der Waals surface area contributed by atoms with Crippen molar-refractivity contribution in [2.45, 2.75) is 12.5 Å². The molecule has 1 aromatic rings. The molecule has 2 aliphatic heterocycles. The Kier molecular flexibility index (Phi) is 3.54. The summed E-state index contributed by atoms with van der Waals surface area (Å²) in [5.74, 6) is 0.573. The predicted molar refractivity (Wildman–Crippen MR) is 76.7 cm³/mol. The Labute approximate surface area is 121 Å². The van der Waals surface area contributed by atoms with Gasteiger partial charge < -0.3 is 15.0 Å². The lowest BCUT2D eigenvalue weighted by Gasteiger charge is -2.26. The minimum Gasteiger partial charge on any atom is -0.466 e. The predicted octanol–water partition coefficient (Wildman–Crippen LogP) is 0.624. The van der Waals surface area contributed by atoms with E-state index in [9.17, 15) is 4.79 Å². The highest BCUT2D eigenvalue weighted by Crippen LogP contribution is 2.31. The van der Waals surface area contributed by atoms with Crippen molar-refractivity contribution in [3.05, 3.63) is 27.9 Å². The van der Waals surface area contributed by atoms with E-state index in [-0.39, 0.29) is 5.97 Å². The number of fused-ring (bicyclic) bond motifs is 1. The van der Waals surface area contributed by atoms with Gasteiger partial charge >= 0.3 is 5.97 Å². The first kappa shape index (κ1) is 13.3. The minimum atomic E-state index is -0.288. The Bertz CT molecular complexity index is 579. The van der Waals surface area contributed by atoms with Gasteiger partial charge in [0, 0.05) is 36.3 Å². The molecule has 3 heterocycles. The van der Waals surface area contributed by atoms with Gasteiger partial charge in [0.15, 0.2) is 10.8 Å². The van der Waals surface area contributed by atoms with E-state index in [0.717, 1.165) is 29.5 Å². The van der Waals surface area contributed by atoms with E-state index in [0.29, 0.717) is 18.2 Å². The summed E-state index contributed by atoms with van der Waals surface area (Å²) in [6.07, 6.45) is 2.58. The van der Waals surface area contributed by atoms with E-state index in [2.05, 4.69) is 20.2 Å². The summed E-state index contributed by atoms with van der Waals surface area (Å²) in [4.78, 5) is 22.8. The van der Waals surface area contributed by atoms with Crippen LogP contribution < -0.4 is 5.32 Å². The second kappa shape index (κ2) is 5.34. The van der Waals surface area contributed by atoms with Crippen molar-refractivity contribution in [3.63, 3.8) is 0 Å². The quantitative estimate of drug-likeness (QED) is 0.828. The molecule has 0 saturated carbocycles. The second-order valence-electron chi connectivity index (χ2n) is 4.69. The van der Waals surface area contributed by atoms with Gasteiger partial charge in [-0.15, -0.1) is 11.3 Å². The van der Waals surface area contributed by atoms with Gasteiger partial charge in [0.05, 0.1) is 19.2 Å². The molecule has 6 nitrogen and oxygen atoms in total. The summed E-state index contributed by atoms with van der Waals surface area (Å²) >= 11 is 1.56. The molecule has 0 unspecified atom stereocenters. The molecule has 0 amide bonds. The number of rotatable bonds is 3. The third kappa shape index (κ3) is 2.12. The Balaban J connectivity index is 1.98. The Morgan fingerprint density at radius 3 is 3.10 bits per heavy atom. The van der Waals surface area contributed by atoms with Gasteiger partial charge in [0.1, 0.15) is 0 Å². The highest BCUT2D eigenvalue weighted by atomic mass is 32.1. The summed E-state index contributed by atoms with van der Waals surface area (Å²) in [6, 6.07) is 0.313. The van der Waals surface area contributed by atoms with Crippen LogP contribution in [0.2, 0.25) is 0 Å². The van der Waals surface area contributed by atoms with Gasteiger partial charge in [-0.3, -0.25) is 4.99 Å². The van der Waals surface area contributed by atoms with Crippen molar-refractivity contribution >= 4 is 23.1 Å². The maximum Gasteiger partial charge on any atom is 0.337 e. The van der Waals surface area contributed by atoms with Crippen LogP contribution in [0, 0.1) is 0 Å². The summed E-state index contributed by atoms with van der Waals surface area (Å²) in [5.41, 5.74) is 1.67. The Morgan fingerprint density at radius 1 is 1.60 bits per heavy atom. The number of aliphatic imine (C=N–C) groups is 1. The average Bonchev–Trinajstić information content (AvgIpc) is 3.14. The van der Waals surface area contributed by atoms with E-state index in [1.165, 1.54) is 7.11 Å². The fourth-order valence-electron chi connectivity index (χ4n) is 2.59. The summed E-state index contributed by atoms with van der Waals surface area (Å²) in [5, 5.41) is 6.09. The number of methoxy groups -OCH3 is 1. The summed E-state index contributed by atoms with van der Waals surface area (Å²) in [6.45, 7) is 1.16. The van der Waals surface area contributed by atoms with E-state index >= 15 is 0 Å². The number of aromatic nitrogens is 1. The number of thiazole rings is 1. The number of nitrogens with zero attached hydrogens (tertiary/aromatic N) is 3. The van der Waals surface area contributed by atoms with Crippen LogP contribution in [0.25, 0.3) is 0 Å². The van der Waals surface area contributed by atoms with E-state index in [1.807, 2.05) is 12.4 Å². The maximum atomic E-state index is 11.9. The number of amidine groups is 1. The first-order valence-corrected chi connectivity index (χ1v) is 7.32. The highest BCUT2D eigenvalue weighted by Gasteiger charge is 2.36. The van der Waals surface area contributed by atoms with Crippen molar-refractivity contribution in [3.8, 4) is 0 Å². The van der Waals surface area contributed by atoms with Crippen molar-refractivity contribution in [2.75, 3.05) is 27.2 Å². The number of hydrogen-bond donors (Lipinski definition) is 1. The Hall–Kier alpha value is -1.73. The lowest BCUT2D eigenvalue weighted by molar-refractivity contribution is -0.136. The molecule has 7 heteroatoms. The van der Waals surface area contributed by atoms with Crippen LogP contribution in [-0.2, 0) is 9.53 Å². The van der Waals surface area contributed by atoms with Crippen molar-refractivity contribution < 1.29 is 9.53 Å². The molecule has 0 aromatic carbocycles. The van der Waals surface area contributed by atoms with Gasteiger partial charge in [-0.05, 0) is 7.05 Å². The molecule has 0 bridgehead atoms. The zero-order valence-corrected chi connectivity index (χ0v) is 12.2. The Morgan fingerprint density at radius 2 is 2.45 bits per heavy atom. The number of likely N-dealkylation sites (N-methyl/N-ethyl adjacent to an activating group) is 1. The molecule has 1 fully saturated rings. The van der Waals surface area contributed by atoms with Gasteiger partial charge in [-0.25, -0.2) is 9.78 Å². The molecule has 0 aliphatic carbocycles. The molecular weight excluding hydrogens is 276 g/mol. The van der Waals surface area contributed by atoms with Crippen LogP contribution in [0.3, 0.4) is 0 Å². The van der Waals surface area contributed by atoms with E-state index in [4.69, 9.17) is 4.74 Å². The number of carbonyl (C=O) groups excluding carboxylic acids is 1. The number of esters is 1. The van der Waals surface area contributed by atoms with Gasteiger partial charge in [-0.1, -0.05) is 0 Å². The van der Waals surface area contributed by atoms with Gasteiger partial charge in [0.2, 0.25) is 0 Å². The van der Waals surface area contributed by atoms with Crippen LogP contribution in [0.4, 0.5) is 0 Å². The second-order valence-corrected chi connectivity index (χ2v) is 5.59. The molecule has 0 spiro atoms. The molecule has 20 heavy (non-hydrogen) atoms. The zero-order valence-electron chi connectivity index (χ0n) is 11.4. The number of carbonyl (C=O) groups is 1. The lowest BCUT2D eigenvalue weighted by atomic mass is 10.1. The molecule has 1 atom stereocenters. The van der Waals surface area contributed by atoms with Crippen molar-refractivity contribution in [1.82, 2.24) is 15.2 Å². The normalized spacial score (nSPS) is 21.8. The van der Waals surface area contributed by atoms with Crippen LogP contribution in [0.15, 0.2) is 27.8 Å². The topological polar surface area (TPSA) is 66.8 Å². The van der Waals surface area contributed by atoms with E-state index < -0.39 is 0 Å². The lowest BCUT2D eigenvalue weighted by Crippen LogP contribution is -2.36. The molecule has 2 aliphatic rings. The largest absolute Gasteiger partial charge is 0.466 e. The SMILES string of the molecule is CN[C@H]1CC2=C(C(=O)OC)CN=C(c3nccs3)N2C1. The van der Waals surface area contributed by atoms with Crippen LogP contribution >= 0.6 is 11.3 Å². The first-order valence-electron chi connectivity index (χ1n) is 6.44. The van der Waals surface area contributed by atoms with Crippen molar-refractivity contribution in [1.29, 1.82) is 0 Å². The number of nitrogens with one attached hydrogen (secondary N) is 1. The monoisotopic (exact) mass is 292 g/mol. The molecule has 106 valence electrons. The van der Waals surface area contributed by atoms with Crippen LogP contribution in [0.1, 0.15) is 11.4 Å². The average molecular weight is 292 g/mol. The minimum absolute atomic E-state index is 0.288. The molecule has 1 N–H and O–H groups in total. The molecule has 3 rings (SSSR count). The maximum absolute atomic E-state index is 11.9. The van der Waals surface area contributed by atoms with Crippen LogP contribution in [0.5, 0.6) is 0 Å². The third-order valence-electron chi connectivity index (χ3n) is 3.62. The highest BCUT2D eigenvalue weighted by molar-refractivity contribution is 7.11. The number of hydrogen-bond acceptors (Lipinski definition) is 7. The molecule has 0 radical (unpaired) electrons. The zero-order chi connectivity index (χ0) is 14.1. The van der Waals surface area contributed by atoms with Gasteiger partial charge in [0.25, 0.3) is 0 Å². The van der Waals surface area contributed by atoms with Crippen molar-refractivity contribution in [2.24, 2.45) is 4.99 Å². The summed E-state index contributed by atoms with van der Waals surface area (Å²) in [7, 11) is 3.34. The molecular formula is C13H16N4O2S. The third-order valence-corrected chi connectivity index (χ3v) is 4.39.